The van der Waals surface area contributed by atoms with E-state index in [1.165, 1.54) is 25.7 Å². The summed E-state index contributed by atoms with van der Waals surface area (Å²) in [6.45, 7) is 0. The van der Waals surface area contributed by atoms with Gasteiger partial charge < -0.3 is 5.43 Å². The van der Waals surface area contributed by atoms with Crippen LogP contribution in [0.1, 0.15) is 25.7 Å². The van der Waals surface area contributed by atoms with Gasteiger partial charge in [0, 0.05) is 5.75 Å². The fourth-order valence-corrected chi connectivity index (χ4v) is 2.91. The van der Waals surface area contributed by atoms with Crippen molar-refractivity contribution in [3.05, 3.63) is 12.4 Å². The van der Waals surface area contributed by atoms with Gasteiger partial charge in [-0.05, 0) is 18.8 Å². The summed E-state index contributed by atoms with van der Waals surface area (Å²) in [4.78, 5) is 8.39. The number of nitrogens with two attached hydrogens (primary N) is 1. The molecule has 0 aliphatic heterocycles. The summed E-state index contributed by atoms with van der Waals surface area (Å²) < 4.78 is 0. The van der Waals surface area contributed by atoms with E-state index < -0.39 is 0 Å². The lowest BCUT2D eigenvalue weighted by molar-refractivity contribution is 0.623. The second kappa shape index (κ2) is 5.32. The molecule has 1 aromatic rings. The van der Waals surface area contributed by atoms with Gasteiger partial charge in [0.1, 0.15) is 5.03 Å². The highest BCUT2D eigenvalue weighted by atomic mass is 32.2. The number of nitrogen functional groups attached to an aromatic ring is 1. The van der Waals surface area contributed by atoms with Crippen LogP contribution in [-0.2, 0) is 0 Å². The van der Waals surface area contributed by atoms with E-state index in [1.807, 2.05) is 0 Å². The van der Waals surface area contributed by atoms with Crippen molar-refractivity contribution in [3.63, 3.8) is 0 Å². The Labute approximate surface area is 94.0 Å². The molecule has 0 spiro atoms. The van der Waals surface area contributed by atoms with Crippen molar-refractivity contribution < 1.29 is 0 Å². The average molecular weight is 224 g/mol. The molecule has 0 saturated heterocycles. The highest BCUT2D eigenvalue weighted by Gasteiger charge is 2.15. The van der Waals surface area contributed by atoms with Gasteiger partial charge in [0.05, 0.1) is 12.4 Å². The molecule has 3 N–H and O–H groups in total. The monoisotopic (exact) mass is 224 g/mol. The first-order valence-electron chi connectivity index (χ1n) is 5.30. The Morgan fingerprint density at radius 3 is 2.93 bits per heavy atom. The number of thioether (sulfide) groups is 1. The van der Waals surface area contributed by atoms with Crippen molar-refractivity contribution in [2.45, 2.75) is 30.7 Å². The second-order valence-corrected chi connectivity index (χ2v) is 4.89. The van der Waals surface area contributed by atoms with Crippen molar-refractivity contribution in [3.8, 4) is 0 Å². The zero-order valence-electron chi connectivity index (χ0n) is 8.65. The van der Waals surface area contributed by atoms with Gasteiger partial charge in [-0.25, -0.2) is 10.8 Å². The predicted molar refractivity (Wildman–Crippen MR) is 62.5 cm³/mol. The van der Waals surface area contributed by atoms with Crippen LogP contribution in [0.15, 0.2) is 17.4 Å². The number of rotatable bonds is 4. The number of nitrogens with one attached hydrogen (secondary N) is 1. The first-order chi connectivity index (χ1) is 7.38. The first kappa shape index (κ1) is 10.7. The van der Waals surface area contributed by atoms with Crippen LogP contribution in [0.4, 0.5) is 5.82 Å². The number of hydrogen-bond acceptors (Lipinski definition) is 5. The number of anilines is 1. The van der Waals surface area contributed by atoms with E-state index in [0.29, 0.717) is 5.82 Å². The first-order valence-corrected chi connectivity index (χ1v) is 6.28. The zero-order chi connectivity index (χ0) is 10.5. The van der Waals surface area contributed by atoms with Crippen LogP contribution < -0.4 is 11.3 Å². The molecule has 1 aromatic heterocycles. The smallest absolute Gasteiger partial charge is 0.159 e. The minimum atomic E-state index is 0.631. The van der Waals surface area contributed by atoms with Crippen molar-refractivity contribution in [2.24, 2.45) is 11.8 Å². The summed E-state index contributed by atoms with van der Waals surface area (Å²) in [7, 11) is 0. The molecule has 1 fully saturated rings. The van der Waals surface area contributed by atoms with Gasteiger partial charge in [-0.2, -0.15) is 0 Å². The number of hydrazine groups is 1. The van der Waals surface area contributed by atoms with Crippen LogP contribution in [0.3, 0.4) is 0 Å². The molecular formula is C10H16N4S. The summed E-state index contributed by atoms with van der Waals surface area (Å²) in [5.41, 5.74) is 2.51. The van der Waals surface area contributed by atoms with Crippen molar-refractivity contribution >= 4 is 17.6 Å². The molecule has 5 heteroatoms. The van der Waals surface area contributed by atoms with Gasteiger partial charge in [-0.15, -0.1) is 11.8 Å². The van der Waals surface area contributed by atoms with E-state index in [0.717, 1.165) is 16.7 Å². The molecule has 2 rings (SSSR count). The molecule has 1 aliphatic rings. The third-order valence-electron chi connectivity index (χ3n) is 2.70. The molecule has 0 atom stereocenters. The molecule has 4 nitrogen and oxygen atoms in total. The fraction of sp³-hybridized carbons (Fsp3) is 0.600. The maximum absolute atomic E-state index is 5.28. The maximum Gasteiger partial charge on any atom is 0.159 e. The van der Waals surface area contributed by atoms with Gasteiger partial charge in [0.15, 0.2) is 5.82 Å². The minimum absolute atomic E-state index is 0.631. The van der Waals surface area contributed by atoms with Gasteiger partial charge in [-0.1, -0.05) is 12.8 Å². The Morgan fingerprint density at radius 1 is 1.40 bits per heavy atom. The Kier molecular flexibility index (Phi) is 3.80. The lowest BCUT2D eigenvalue weighted by Crippen LogP contribution is -2.09. The van der Waals surface area contributed by atoms with E-state index in [1.54, 1.807) is 24.2 Å². The van der Waals surface area contributed by atoms with Crippen molar-refractivity contribution in [1.29, 1.82) is 0 Å². The summed E-state index contributed by atoms with van der Waals surface area (Å²) in [5, 5.41) is 0.956. The van der Waals surface area contributed by atoms with E-state index >= 15 is 0 Å². The standard InChI is InChI=1S/C10H16N4S/c11-14-9-5-12-6-10(13-9)15-7-8-3-1-2-4-8/h5-6,8H,1-4,7,11H2,(H,13,14). The van der Waals surface area contributed by atoms with Crippen LogP contribution in [0.25, 0.3) is 0 Å². The van der Waals surface area contributed by atoms with Crippen LogP contribution in [0.2, 0.25) is 0 Å². The molecule has 1 saturated carbocycles. The molecule has 0 unspecified atom stereocenters. The highest BCUT2D eigenvalue weighted by molar-refractivity contribution is 7.99. The number of aromatic nitrogens is 2. The van der Waals surface area contributed by atoms with Crippen molar-refractivity contribution in [2.75, 3.05) is 11.2 Å². The molecular weight excluding hydrogens is 208 g/mol. The fourth-order valence-electron chi connectivity index (χ4n) is 1.87. The third-order valence-corrected chi connectivity index (χ3v) is 3.83. The number of hydrogen-bond donors (Lipinski definition) is 2. The minimum Gasteiger partial charge on any atom is -0.307 e. The van der Waals surface area contributed by atoms with E-state index in [9.17, 15) is 0 Å². The van der Waals surface area contributed by atoms with E-state index in [2.05, 4.69) is 15.4 Å². The molecule has 0 aromatic carbocycles. The molecule has 1 aliphatic carbocycles. The molecule has 0 radical (unpaired) electrons. The Balaban J connectivity index is 1.86. The number of nitrogens with zero attached hydrogens (tertiary/aromatic N) is 2. The molecule has 0 amide bonds. The second-order valence-electron chi connectivity index (χ2n) is 3.85. The third kappa shape index (κ3) is 3.07. The van der Waals surface area contributed by atoms with Gasteiger partial charge in [0.25, 0.3) is 0 Å². The topological polar surface area (TPSA) is 63.8 Å². The molecule has 0 bridgehead atoms. The normalized spacial score (nSPS) is 16.9. The summed E-state index contributed by atoms with van der Waals surface area (Å²) in [6, 6.07) is 0. The average Bonchev–Trinajstić information content (AvgIpc) is 2.79. The van der Waals surface area contributed by atoms with Crippen LogP contribution in [-0.4, -0.2) is 15.7 Å². The zero-order valence-corrected chi connectivity index (χ0v) is 9.46. The highest BCUT2D eigenvalue weighted by Crippen LogP contribution is 2.30. The largest absolute Gasteiger partial charge is 0.307 e. The van der Waals surface area contributed by atoms with Crippen LogP contribution in [0.5, 0.6) is 0 Å². The molecule has 15 heavy (non-hydrogen) atoms. The predicted octanol–water partition coefficient (Wildman–Crippen LogP) is 2.04. The van der Waals surface area contributed by atoms with Crippen LogP contribution >= 0.6 is 11.8 Å². The van der Waals surface area contributed by atoms with Crippen LogP contribution in [0, 0.1) is 5.92 Å². The summed E-state index contributed by atoms with van der Waals surface area (Å²) in [6.07, 6.45) is 8.94. The maximum atomic E-state index is 5.28. The Hall–Kier alpha value is -0.810. The Morgan fingerprint density at radius 2 is 2.20 bits per heavy atom. The van der Waals surface area contributed by atoms with E-state index in [4.69, 9.17) is 5.84 Å². The molecule has 1 heterocycles. The summed E-state index contributed by atoms with van der Waals surface area (Å²) in [5.74, 6) is 7.93. The Bertz CT molecular complexity index is 312. The quantitative estimate of drug-likeness (QED) is 0.465. The van der Waals surface area contributed by atoms with Gasteiger partial charge in [0.2, 0.25) is 0 Å². The molecule has 82 valence electrons. The van der Waals surface area contributed by atoms with Gasteiger partial charge >= 0.3 is 0 Å². The van der Waals surface area contributed by atoms with Crippen molar-refractivity contribution in [1.82, 2.24) is 9.97 Å². The van der Waals surface area contributed by atoms with E-state index in [-0.39, 0.29) is 0 Å². The SMILES string of the molecule is NNc1cncc(SCC2CCCC2)n1. The van der Waals surface area contributed by atoms with Gasteiger partial charge in [-0.3, -0.25) is 4.98 Å². The lowest BCUT2D eigenvalue weighted by Gasteiger charge is -2.07. The lowest BCUT2D eigenvalue weighted by atomic mass is 10.1. The summed E-state index contributed by atoms with van der Waals surface area (Å²) >= 11 is 1.78.